The molecule has 1 heterocycles. The number of rotatable bonds is 5. The van der Waals surface area contributed by atoms with E-state index in [0.29, 0.717) is 12.5 Å². The molecule has 2 atom stereocenters. The van der Waals surface area contributed by atoms with E-state index in [4.69, 9.17) is 10.5 Å². The van der Waals surface area contributed by atoms with Crippen LogP contribution in [0.15, 0.2) is 0 Å². The largest absolute Gasteiger partial charge is 0.377 e. The normalized spacial score (nSPS) is 24.5. The van der Waals surface area contributed by atoms with E-state index in [1.807, 2.05) is 6.92 Å². The number of hydrogen-bond acceptors (Lipinski definition) is 3. The molecule has 0 aromatic rings. The van der Waals surface area contributed by atoms with Gasteiger partial charge in [-0.1, -0.05) is 0 Å². The zero-order valence-electron chi connectivity index (χ0n) is 8.08. The number of nitrogens with two attached hydrogens (primary N) is 1. The number of nitrogens with one attached hydrogen (secondary N) is 1. The van der Waals surface area contributed by atoms with Gasteiger partial charge in [0.25, 0.3) is 0 Å². The van der Waals surface area contributed by atoms with Crippen molar-refractivity contribution < 1.29 is 9.53 Å². The molecule has 3 N–H and O–H groups in total. The number of primary amides is 1. The van der Waals surface area contributed by atoms with E-state index in [1.54, 1.807) is 0 Å². The van der Waals surface area contributed by atoms with Crippen LogP contribution in [0.4, 0.5) is 0 Å². The molecule has 4 heteroatoms. The van der Waals surface area contributed by atoms with E-state index in [0.717, 1.165) is 26.0 Å². The highest BCUT2D eigenvalue weighted by Gasteiger charge is 2.16. The van der Waals surface area contributed by atoms with Crippen LogP contribution in [0.5, 0.6) is 0 Å². The number of ether oxygens (including phenoxy) is 1. The van der Waals surface area contributed by atoms with E-state index < -0.39 is 0 Å². The van der Waals surface area contributed by atoms with E-state index in [9.17, 15) is 4.79 Å². The highest BCUT2D eigenvalue weighted by molar-refractivity contribution is 5.74. The first-order valence-corrected chi connectivity index (χ1v) is 4.82. The van der Waals surface area contributed by atoms with Gasteiger partial charge in [0.05, 0.1) is 6.10 Å². The van der Waals surface area contributed by atoms with Crippen LogP contribution in [0, 0.1) is 0 Å². The summed E-state index contributed by atoms with van der Waals surface area (Å²) in [4.78, 5) is 10.6. The van der Waals surface area contributed by atoms with Gasteiger partial charge in [-0.25, -0.2) is 0 Å². The second kappa shape index (κ2) is 5.19. The Hall–Kier alpha value is -0.610. The van der Waals surface area contributed by atoms with Gasteiger partial charge < -0.3 is 15.8 Å². The van der Waals surface area contributed by atoms with E-state index in [-0.39, 0.29) is 11.9 Å². The van der Waals surface area contributed by atoms with Gasteiger partial charge in [-0.3, -0.25) is 4.79 Å². The third-order valence-electron chi connectivity index (χ3n) is 2.23. The van der Waals surface area contributed by atoms with Gasteiger partial charge in [-0.2, -0.15) is 0 Å². The number of amides is 1. The topological polar surface area (TPSA) is 64.4 Å². The van der Waals surface area contributed by atoms with Gasteiger partial charge in [0.1, 0.15) is 0 Å². The third-order valence-corrected chi connectivity index (χ3v) is 2.23. The first kappa shape index (κ1) is 10.5. The SMILES string of the molecule is CC(CC(N)=O)NCC1CCCO1. The molecule has 1 fully saturated rings. The van der Waals surface area contributed by atoms with Gasteiger partial charge in [0.15, 0.2) is 0 Å². The van der Waals surface area contributed by atoms with Gasteiger partial charge in [0, 0.05) is 25.6 Å². The predicted octanol–water partition coefficient (Wildman–Crippen LogP) is 0.0189. The van der Waals surface area contributed by atoms with Crippen LogP contribution < -0.4 is 11.1 Å². The van der Waals surface area contributed by atoms with Crippen LogP contribution in [0.25, 0.3) is 0 Å². The van der Waals surface area contributed by atoms with Gasteiger partial charge in [0.2, 0.25) is 5.91 Å². The minimum atomic E-state index is -0.257. The average molecular weight is 186 g/mol. The average Bonchev–Trinajstić information content (AvgIpc) is 2.51. The molecule has 0 radical (unpaired) electrons. The van der Waals surface area contributed by atoms with E-state index in [1.165, 1.54) is 0 Å². The third kappa shape index (κ3) is 4.24. The maximum atomic E-state index is 10.6. The van der Waals surface area contributed by atoms with Gasteiger partial charge in [-0.15, -0.1) is 0 Å². The van der Waals surface area contributed by atoms with Crippen LogP contribution in [-0.4, -0.2) is 31.2 Å². The van der Waals surface area contributed by atoms with Crippen LogP contribution in [-0.2, 0) is 9.53 Å². The molecule has 1 aliphatic heterocycles. The minimum Gasteiger partial charge on any atom is -0.377 e. The summed E-state index contributed by atoms with van der Waals surface area (Å²) in [5.74, 6) is -0.257. The molecule has 0 bridgehead atoms. The molecule has 0 spiro atoms. The summed E-state index contributed by atoms with van der Waals surface area (Å²) in [6.45, 7) is 3.66. The fraction of sp³-hybridized carbons (Fsp3) is 0.889. The lowest BCUT2D eigenvalue weighted by Gasteiger charge is -2.15. The summed E-state index contributed by atoms with van der Waals surface area (Å²) in [6, 6.07) is 0.154. The summed E-state index contributed by atoms with van der Waals surface area (Å²) in [5, 5.41) is 3.23. The first-order valence-electron chi connectivity index (χ1n) is 4.82. The summed E-state index contributed by atoms with van der Waals surface area (Å²) < 4.78 is 5.43. The van der Waals surface area contributed by atoms with Crippen molar-refractivity contribution in [2.24, 2.45) is 5.73 Å². The Morgan fingerprint density at radius 2 is 2.54 bits per heavy atom. The van der Waals surface area contributed by atoms with Crippen LogP contribution in [0.2, 0.25) is 0 Å². The zero-order chi connectivity index (χ0) is 9.68. The summed E-state index contributed by atoms with van der Waals surface area (Å²) in [6.07, 6.45) is 3.00. The molecule has 2 unspecified atom stereocenters. The van der Waals surface area contributed by atoms with Crippen molar-refractivity contribution in [3.8, 4) is 0 Å². The summed E-state index contributed by atoms with van der Waals surface area (Å²) in [7, 11) is 0. The molecule has 0 aliphatic carbocycles. The number of carbonyl (C=O) groups excluding carboxylic acids is 1. The van der Waals surface area contributed by atoms with Crippen molar-refractivity contribution in [3.05, 3.63) is 0 Å². The van der Waals surface area contributed by atoms with Crippen molar-refractivity contribution >= 4 is 5.91 Å². The fourth-order valence-electron chi connectivity index (χ4n) is 1.51. The Morgan fingerprint density at radius 1 is 1.77 bits per heavy atom. The van der Waals surface area contributed by atoms with Crippen molar-refractivity contribution in [1.82, 2.24) is 5.32 Å². The molecular formula is C9H18N2O2. The standard InChI is InChI=1S/C9H18N2O2/c1-7(5-9(10)12)11-6-8-3-2-4-13-8/h7-8,11H,2-6H2,1H3,(H2,10,12). The lowest BCUT2D eigenvalue weighted by Crippen LogP contribution is -2.36. The molecular weight excluding hydrogens is 168 g/mol. The Kier molecular flexibility index (Phi) is 4.18. The fourth-order valence-corrected chi connectivity index (χ4v) is 1.51. The van der Waals surface area contributed by atoms with E-state index in [2.05, 4.69) is 5.32 Å². The van der Waals surface area contributed by atoms with Crippen LogP contribution in [0.3, 0.4) is 0 Å². The summed E-state index contributed by atoms with van der Waals surface area (Å²) >= 11 is 0. The lowest BCUT2D eigenvalue weighted by atomic mass is 10.2. The first-order chi connectivity index (χ1) is 6.18. The summed E-state index contributed by atoms with van der Waals surface area (Å²) in [5.41, 5.74) is 5.07. The lowest BCUT2D eigenvalue weighted by molar-refractivity contribution is -0.118. The van der Waals surface area contributed by atoms with Crippen molar-refractivity contribution in [2.45, 2.75) is 38.3 Å². The molecule has 0 aromatic heterocycles. The Labute approximate surface area is 78.8 Å². The smallest absolute Gasteiger partial charge is 0.218 e. The second-order valence-corrected chi connectivity index (χ2v) is 3.61. The number of carbonyl (C=O) groups is 1. The van der Waals surface area contributed by atoms with Crippen molar-refractivity contribution in [2.75, 3.05) is 13.2 Å². The highest BCUT2D eigenvalue weighted by Crippen LogP contribution is 2.10. The Balaban J connectivity index is 2.06. The molecule has 1 aliphatic rings. The van der Waals surface area contributed by atoms with Crippen molar-refractivity contribution in [3.63, 3.8) is 0 Å². The molecule has 0 aromatic carbocycles. The molecule has 13 heavy (non-hydrogen) atoms. The van der Waals surface area contributed by atoms with Gasteiger partial charge >= 0.3 is 0 Å². The molecule has 4 nitrogen and oxygen atoms in total. The van der Waals surface area contributed by atoms with E-state index >= 15 is 0 Å². The molecule has 0 saturated carbocycles. The molecule has 1 rings (SSSR count). The molecule has 1 saturated heterocycles. The van der Waals surface area contributed by atoms with Crippen LogP contribution >= 0.6 is 0 Å². The quantitative estimate of drug-likeness (QED) is 0.636. The number of hydrogen-bond donors (Lipinski definition) is 2. The monoisotopic (exact) mass is 186 g/mol. The molecule has 1 amide bonds. The Bertz CT molecular complexity index is 167. The Morgan fingerprint density at radius 3 is 3.08 bits per heavy atom. The minimum absolute atomic E-state index is 0.154. The zero-order valence-corrected chi connectivity index (χ0v) is 8.08. The second-order valence-electron chi connectivity index (χ2n) is 3.61. The predicted molar refractivity (Wildman–Crippen MR) is 50.3 cm³/mol. The maximum absolute atomic E-state index is 10.6. The molecule has 76 valence electrons. The highest BCUT2D eigenvalue weighted by atomic mass is 16.5. The van der Waals surface area contributed by atoms with Crippen molar-refractivity contribution in [1.29, 1.82) is 0 Å². The maximum Gasteiger partial charge on any atom is 0.218 e. The van der Waals surface area contributed by atoms with Crippen LogP contribution in [0.1, 0.15) is 26.2 Å². The van der Waals surface area contributed by atoms with Gasteiger partial charge in [-0.05, 0) is 19.8 Å².